The predicted octanol–water partition coefficient (Wildman–Crippen LogP) is 1.92. The molecular weight excluding hydrogens is 354 g/mol. The molecule has 0 bridgehead atoms. The molecule has 0 aliphatic carbocycles. The van der Waals surface area contributed by atoms with Crippen molar-refractivity contribution >= 4 is 26.0 Å². The molecule has 0 aliphatic rings. The van der Waals surface area contributed by atoms with E-state index < -0.39 is 10.0 Å². The molecule has 120 valence electrons. The topological polar surface area (TPSA) is 75.4 Å². The molecule has 1 aromatic rings. The van der Waals surface area contributed by atoms with Gasteiger partial charge in [-0.15, -0.1) is 0 Å². The van der Waals surface area contributed by atoms with Crippen molar-refractivity contribution in [3.05, 3.63) is 28.2 Å². The van der Waals surface area contributed by atoms with Gasteiger partial charge in [-0.25, -0.2) is 13.1 Å². The van der Waals surface area contributed by atoms with Gasteiger partial charge in [-0.1, -0.05) is 19.9 Å². The number of hydrogen-bond donors (Lipinski definition) is 2. The fraction of sp³-hybridized carbons (Fsp3) is 0.571. The summed E-state index contributed by atoms with van der Waals surface area (Å²) in [5, 5.41) is 0. The molecule has 3 N–H and O–H groups in total. The van der Waals surface area contributed by atoms with Crippen LogP contribution in [-0.4, -0.2) is 39.5 Å². The molecule has 0 spiro atoms. The zero-order valence-corrected chi connectivity index (χ0v) is 15.0. The first-order valence-corrected chi connectivity index (χ1v) is 9.42. The molecular formula is C14H24BrN3O2S. The number of nitrogens with two attached hydrogens (primary N) is 1. The van der Waals surface area contributed by atoms with Gasteiger partial charge >= 0.3 is 0 Å². The lowest BCUT2D eigenvalue weighted by atomic mass is 10.2. The SMILES string of the molecule is CCCN(CC)CCNS(=O)(=O)c1cc(CN)ccc1Br. The van der Waals surface area contributed by atoms with E-state index in [1.54, 1.807) is 12.1 Å². The van der Waals surface area contributed by atoms with Gasteiger partial charge in [0.1, 0.15) is 0 Å². The van der Waals surface area contributed by atoms with Gasteiger partial charge in [-0.2, -0.15) is 0 Å². The zero-order valence-electron chi connectivity index (χ0n) is 12.6. The highest BCUT2D eigenvalue weighted by Gasteiger charge is 2.17. The van der Waals surface area contributed by atoms with Crippen LogP contribution in [-0.2, 0) is 16.6 Å². The average Bonchev–Trinajstić information content (AvgIpc) is 2.46. The summed E-state index contributed by atoms with van der Waals surface area (Å²) in [6, 6.07) is 5.13. The third kappa shape index (κ3) is 5.67. The van der Waals surface area contributed by atoms with E-state index in [9.17, 15) is 8.42 Å². The minimum Gasteiger partial charge on any atom is -0.326 e. The lowest BCUT2D eigenvalue weighted by molar-refractivity contribution is 0.293. The monoisotopic (exact) mass is 377 g/mol. The lowest BCUT2D eigenvalue weighted by Gasteiger charge is -2.19. The maximum absolute atomic E-state index is 12.3. The Morgan fingerprint density at radius 3 is 2.57 bits per heavy atom. The molecule has 21 heavy (non-hydrogen) atoms. The van der Waals surface area contributed by atoms with Crippen LogP contribution in [0.15, 0.2) is 27.6 Å². The van der Waals surface area contributed by atoms with Crippen LogP contribution in [0.1, 0.15) is 25.8 Å². The summed E-state index contributed by atoms with van der Waals surface area (Å²) < 4.78 is 27.9. The van der Waals surface area contributed by atoms with Crippen molar-refractivity contribution < 1.29 is 8.42 Å². The van der Waals surface area contributed by atoms with E-state index in [0.717, 1.165) is 25.1 Å². The molecule has 0 saturated heterocycles. The minimum atomic E-state index is -3.52. The first-order chi connectivity index (χ1) is 9.94. The Morgan fingerprint density at radius 2 is 2.00 bits per heavy atom. The Hall–Kier alpha value is -0.470. The molecule has 1 aromatic carbocycles. The number of hydrogen-bond acceptors (Lipinski definition) is 4. The molecule has 0 unspecified atom stereocenters. The second-order valence-electron chi connectivity index (χ2n) is 4.80. The maximum Gasteiger partial charge on any atom is 0.241 e. The van der Waals surface area contributed by atoms with Crippen LogP contribution in [0.4, 0.5) is 0 Å². The Labute approximate surface area is 136 Å². The third-order valence-corrected chi connectivity index (χ3v) is 5.68. The van der Waals surface area contributed by atoms with Crippen LogP contribution >= 0.6 is 15.9 Å². The Bertz CT molecular complexity index is 549. The second-order valence-corrected chi connectivity index (χ2v) is 7.39. The largest absolute Gasteiger partial charge is 0.326 e. The Kier molecular flexibility index (Phi) is 7.83. The van der Waals surface area contributed by atoms with Crippen molar-refractivity contribution in [1.82, 2.24) is 9.62 Å². The third-order valence-electron chi connectivity index (χ3n) is 3.23. The van der Waals surface area contributed by atoms with Crippen LogP contribution < -0.4 is 10.5 Å². The van der Waals surface area contributed by atoms with Gasteiger partial charge < -0.3 is 10.6 Å². The van der Waals surface area contributed by atoms with Crippen LogP contribution in [0.3, 0.4) is 0 Å². The number of sulfonamides is 1. The number of rotatable bonds is 9. The number of nitrogens with zero attached hydrogens (tertiary/aromatic N) is 1. The summed E-state index contributed by atoms with van der Waals surface area (Å²) in [6.45, 7) is 7.50. The van der Waals surface area contributed by atoms with E-state index >= 15 is 0 Å². The number of nitrogens with one attached hydrogen (secondary N) is 1. The summed E-state index contributed by atoms with van der Waals surface area (Å²) in [7, 11) is -3.52. The quantitative estimate of drug-likeness (QED) is 0.689. The molecule has 0 heterocycles. The standard InChI is InChI=1S/C14H24BrN3O2S/c1-3-8-18(4-2)9-7-17-21(19,20)14-10-12(11-16)5-6-13(14)15/h5-6,10,17H,3-4,7-9,11,16H2,1-2H3. The number of halogens is 1. The van der Waals surface area contributed by atoms with Gasteiger partial charge in [0.25, 0.3) is 0 Å². The van der Waals surface area contributed by atoms with Crippen LogP contribution in [0.2, 0.25) is 0 Å². The van der Waals surface area contributed by atoms with Gasteiger partial charge in [0.2, 0.25) is 10.0 Å². The van der Waals surface area contributed by atoms with E-state index in [4.69, 9.17) is 5.73 Å². The normalized spacial score (nSPS) is 12.0. The van der Waals surface area contributed by atoms with Gasteiger partial charge in [-0.05, 0) is 53.1 Å². The highest BCUT2D eigenvalue weighted by Crippen LogP contribution is 2.22. The molecule has 1 rings (SSSR count). The summed E-state index contributed by atoms with van der Waals surface area (Å²) in [5.74, 6) is 0. The Morgan fingerprint density at radius 1 is 1.29 bits per heavy atom. The highest BCUT2D eigenvalue weighted by molar-refractivity contribution is 9.10. The van der Waals surface area contributed by atoms with Crippen molar-refractivity contribution in [2.24, 2.45) is 5.73 Å². The molecule has 0 fully saturated rings. The Balaban J connectivity index is 2.73. The fourth-order valence-corrected chi connectivity index (χ4v) is 4.07. The van der Waals surface area contributed by atoms with Crippen molar-refractivity contribution in [3.8, 4) is 0 Å². The first-order valence-electron chi connectivity index (χ1n) is 7.15. The molecule has 0 amide bonds. The lowest BCUT2D eigenvalue weighted by Crippen LogP contribution is -2.35. The van der Waals surface area contributed by atoms with Crippen molar-refractivity contribution in [2.45, 2.75) is 31.7 Å². The van der Waals surface area contributed by atoms with Crippen molar-refractivity contribution in [3.63, 3.8) is 0 Å². The zero-order chi connectivity index (χ0) is 15.9. The molecule has 0 saturated carbocycles. The summed E-state index contributed by atoms with van der Waals surface area (Å²) in [6.07, 6.45) is 1.06. The molecule has 0 radical (unpaired) electrons. The average molecular weight is 378 g/mol. The van der Waals surface area contributed by atoms with Crippen LogP contribution in [0.25, 0.3) is 0 Å². The number of benzene rings is 1. The van der Waals surface area contributed by atoms with Crippen molar-refractivity contribution in [2.75, 3.05) is 26.2 Å². The molecule has 7 heteroatoms. The summed E-state index contributed by atoms with van der Waals surface area (Å²) in [5.41, 5.74) is 6.36. The van der Waals surface area contributed by atoms with Crippen LogP contribution in [0, 0.1) is 0 Å². The summed E-state index contributed by atoms with van der Waals surface area (Å²) >= 11 is 3.28. The molecule has 0 aromatic heterocycles. The van der Waals surface area contributed by atoms with E-state index in [1.165, 1.54) is 0 Å². The number of likely N-dealkylation sites (N-methyl/N-ethyl adjacent to an activating group) is 1. The minimum absolute atomic E-state index is 0.240. The van der Waals surface area contributed by atoms with Crippen LogP contribution in [0.5, 0.6) is 0 Å². The maximum atomic E-state index is 12.3. The van der Waals surface area contributed by atoms with Gasteiger partial charge in [0.15, 0.2) is 0 Å². The van der Waals surface area contributed by atoms with Crippen molar-refractivity contribution in [1.29, 1.82) is 0 Å². The van der Waals surface area contributed by atoms with Gasteiger partial charge in [-0.3, -0.25) is 0 Å². The first kappa shape index (κ1) is 18.6. The van der Waals surface area contributed by atoms with E-state index in [-0.39, 0.29) is 4.90 Å². The van der Waals surface area contributed by atoms with Gasteiger partial charge in [0, 0.05) is 24.1 Å². The van der Waals surface area contributed by atoms with E-state index in [2.05, 4.69) is 39.4 Å². The molecule has 0 aliphatic heterocycles. The highest BCUT2D eigenvalue weighted by atomic mass is 79.9. The molecule has 0 atom stereocenters. The predicted molar refractivity (Wildman–Crippen MR) is 89.6 cm³/mol. The van der Waals surface area contributed by atoms with Gasteiger partial charge in [0.05, 0.1) is 4.90 Å². The van der Waals surface area contributed by atoms with E-state index in [1.807, 2.05) is 6.07 Å². The summed E-state index contributed by atoms with van der Waals surface area (Å²) in [4.78, 5) is 2.46. The fourth-order valence-electron chi connectivity index (χ4n) is 2.04. The molecule has 5 nitrogen and oxygen atoms in total. The second kappa shape index (κ2) is 8.85. The van der Waals surface area contributed by atoms with E-state index in [0.29, 0.717) is 24.1 Å². The smallest absolute Gasteiger partial charge is 0.241 e.